The van der Waals surface area contributed by atoms with Crippen molar-refractivity contribution in [2.75, 3.05) is 13.1 Å². The van der Waals surface area contributed by atoms with Crippen LogP contribution in [0, 0.1) is 5.92 Å². The predicted molar refractivity (Wildman–Crippen MR) is 80.7 cm³/mol. The van der Waals surface area contributed by atoms with Gasteiger partial charge in [0.15, 0.2) is 0 Å². The van der Waals surface area contributed by atoms with Crippen LogP contribution in [0.25, 0.3) is 0 Å². The molecule has 1 aromatic heterocycles. The quantitative estimate of drug-likeness (QED) is 0.803. The van der Waals surface area contributed by atoms with Gasteiger partial charge in [-0.15, -0.1) is 11.3 Å². The number of nitrogens with two attached hydrogens (primary N) is 1. The number of hydrogen-bond donors (Lipinski definition) is 1. The van der Waals surface area contributed by atoms with Gasteiger partial charge in [-0.25, -0.2) is 8.42 Å². The van der Waals surface area contributed by atoms with E-state index in [1.807, 2.05) is 6.92 Å². The third kappa shape index (κ3) is 4.02. The molecule has 4 nitrogen and oxygen atoms in total. The Hall–Kier alpha value is -0.430. The molecule has 0 aromatic carbocycles. The summed E-state index contributed by atoms with van der Waals surface area (Å²) in [6.45, 7) is 7.58. The fourth-order valence-corrected chi connectivity index (χ4v) is 4.65. The topological polar surface area (TPSA) is 63.4 Å². The largest absolute Gasteiger partial charge is 0.326 e. The summed E-state index contributed by atoms with van der Waals surface area (Å²) in [6, 6.07) is 1.69. The third-order valence-corrected chi connectivity index (χ3v) is 6.46. The third-order valence-electron chi connectivity index (χ3n) is 3.44. The average Bonchev–Trinajstić information content (AvgIpc) is 2.89. The zero-order valence-corrected chi connectivity index (χ0v) is 13.6. The highest BCUT2D eigenvalue weighted by molar-refractivity contribution is 7.89. The van der Waals surface area contributed by atoms with Crippen LogP contribution in [0.4, 0.5) is 0 Å². The summed E-state index contributed by atoms with van der Waals surface area (Å²) in [5, 5.41) is 1.69. The van der Waals surface area contributed by atoms with Crippen molar-refractivity contribution < 1.29 is 8.42 Å². The first kappa shape index (κ1) is 16.6. The molecule has 2 N–H and O–H groups in total. The normalized spacial score (nSPS) is 12.5. The lowest BCUT2D eigenvalue weighted by molar-refractivity contribution is 0.339. The van der Waals surface area contributed by atoms with Gasteiger partial charge < -0.3 is 5.73 Å². The van der Waals surface area contributed by atoms with E-state index in [9.17, 15) is 8.42 Å². The van der Waals surface area contributed by atoms with E-state index < -0.39 is 10.0 Å². The average molecular weight is 304 g/mol. The predicted octanol–water partition coefficient (Wildman–Crippen LogP) is 2.65. The Morgan fingerprint density at radius 1 is 1.32 bits per heavy atom. The van der Waals surface area contributed by atoms with Crippen molar-refractivity contribution in [1.82, 2.24) is 4.31 Å². The lowest BCUT2D eigenvalue weighted by Crippen LogP contribution is -2.34. The molecule has 0 aliphatic carbocycles. The van der Waals surface area contributed by atoms with Gasteiger partial charge in [0.25, 0.3) is 0 Å². The fourth-order valence-electron chi connectivity index (χ4n) is 1.98. The van der Waals surface area contributed by atoms with Gasteiger partial charge in [0.1, 0.15) is 0 Å². The van der Waals surface area contributed by atoms with E-state index in [0.29, 0.717) is 30.4 Å². The highest BCUT2D eigenvalue weighted by atomic mass is 32.2. The van der Waals surface area contributed by atoms with Crippen LogP contribution in [0.3, 0.4) is 0 Å². The molecule has 1 aromatic rings. The van der Waals surface area contributed by atoms with Crippen molar-refractivity contribution in [3.8, 4) is 0 Å². The van der Waals surface area contributed by atoms with E-state index in [1.54, 1.807) is 15.8 Å². The lowest BCUT2D eigenvalue weighted by atomic mass is 10.0. The molecule has 1 rings (SSSR count). The first-order chi connectivity index (χ1) is 8.99. The Labute approximate surface area is 120 Å². The van der Waals surface area contributed by atoms with Gasteiger partial charge in [-0.2, -0.15) is 4.31 Å². The molecule has 0 saturated carbocycles. The second-order valence-corrected chi connectivity index (χ2v) is 7.52. The van der Waals surface area contributed by atoms with Gasteiger partial charge >= 0.3 is 0 Å². The molecule has 0 amide bonds. The Bertz CT molecular complexity index is 479. The van der Waals surface area contributed by atoms with Crippen LogP contribution < -0.4 is 5.73 Å². The molecule has 0 saturated heterocycles. The van der Waals surface area contributed by atoms with Crippen molar-refractivity contribution in [1.29, 1.82) is 0 Å². The molecule has 0 unspecified atom stereocenters. The summed E-state index contributed by atoms with van der Waals surface area (Å²) in [4.78, 5) is 1.28. The molecule has 0 fully saturated rings. The highest BCUT2D eigenvalue weighted by Crippen LogP contribution is 2.24. The number of nitrogens with zero attached hydrogens (tertiary/aromatic N) is 1. The van der Waals surface area contributed by atoms with E-state index >= 15 is 0 Å². The van der Waals surface area contributed by atoms with E-state index in [0.717, 1.165) is 17.7 Å². The van der Waals surface area contributed by atoms with Crippen molar-refractivity contribution in [2.45, 2.75) is 45.1 Å². The number of rotatable bonds is 8. The molecule has 1 heterocycles. The number of hydrogen-bond acceptors (Lipinski definition) is 4. The van der Waals surface area contributed by atoms with Crippen molar-refractivity contribution in [3.05, 3.63) is 16.3 Å². The molecule has 0 aliphatic heterocycles. The molecular formula is C13H24N2O2S2. The van der Waals surface area contributed by atoms with E-state index in [1.165, 1.54) is 11.3 Å². The van der Waals surface area contributed by atoms with Crippen LogP contribution in [0.2, 0.25) is 0 Å². The maximum Gasteiger partial charge on any atom is 0.243 e. The van der Waals surface area contributed by atoms with Crippen molar-refractivity contribution in [3.63, 3.8) is 0 Å². The molecule has 0 radical (unpaired) electrons. The zero-order valence-electron chi connectivity index (χ0n) is 11.9. The van der Waals surface area contributed by atoms with Gasteiger partial charge in [-0.1, -0.05) is 33.6 Å². The summed E-state index contributed by atoms with van der Waals surface area (Å²) in [5.41, 5.74) is 5.54. The molecule has 19 heavy (non-hydrogen) atoms. The number of thiophene rings is 1. The fraction of sp³-hybridized carbons (Fsp3) is 0.692. The van der Waals surface area contributed by atoms with Crippen LogP contribution in [-0.2, 0) is 16.6 Å². The summed E-state index contributed by atoms with van der Waals surface area (Å²) in [7, 11) is -3.37. The van der Waals surface area contributed by atoms with Crippen molar-refractivity contribution >= 4 is 21.4 Å². The minimum absolute atomic E-state index is 0.380. The van der Waals surface area contributed by atoms with E-state index in [2.05, 4.69) is 13.8 Å². The molecule has 0 aliphatic rings. The molecule has 110 valence electrons. The first-order valence-electron chi connectivity index (χ1n) is 6.77. The van der Waals surface area contributed by atoms with Crippen molar-refractivity contribution in [2.24, 2.45) is 11.7 Å². The minimum Gasteiger partial charge on any atom is -0.326 e. The smallest absolute Gasteiger partial charge is 0.243 e. The van der Waals surface area contributed by atoms with Crippen LogP contribution in [0.15, 0.2) is 16.3 Å². The van der Waals surface area contributed by atoms with Gasteiger partial charge in [-0.05, 0) is 12.0 Å². The van der Waals surface area contributed by atoms with E-state index in [4.69, 9.17) is 5.73 Å². The highest BCUT2D eigenvalue weighted by Gasteiger charge is 2.25. The maximum absolute atomic E-state index is 12.6. The molecule has 6 heteroatoms. The molecule has 0 spiro atoms. The summed E-state index contributed by atoms with van der Waals surface area (Å²) in [6.07, 6.45) is 2.00. The summed E-state index contributed by atoms with van der Waals surface area (Å²) < 4.78 is 26.7. The molecular weight excluding hydrogens is 280 g/mol. The molecule has 0 bridgehead atoms. The Kier molecular flexibility index (Phi) is 6.46. The van der Waals surface area contributed by atoms with Crippen LogP contribution in [0.1, 0.15) is 38.5 Å². The standard InChI is InChI=1S/C13H24N2O2S2/c1-4-11(5-2)9-15(6-3)19(16,17)13-7-12(8-14)18-10-13/h7,10-11H,4-6,8-9,14H2,1-3H3. The van der Waals surface area contributed by atoms with Gasteiger partial charge in [0.05, 0.1) is 4.90 Å². The zero-order chi connectivity index (χ0) is 14.5. The maximum atomic E-state index is 12.6. The second kappa shape index (κ2) is 7.38. The number of sulfonamides is 1. The Morgan fingerprint density at radius 3 is 2.37 bits per heavy atom. The second-order valence-electron chi connectivity index (χ2n) is 4.59. The summed E-state index contributed by atoms with van der Waals surface area (Å²) in [5.74, 6) is 0.419. The van der Waals surface area contributed by atoms with Gasteiger partial charge in [0, 0.05) is 29.9 Å². The van der Waals surface area contributed by atoms with Crippen LogP contribution in [-0.4, -0.2) is 25.8 Å². The van der Waals surface area contributed by atoms with Gasteiger partial charge in [0.2, 0.25) is 10.0 Å². The van der Waals surface area contributed by atoms with Gasteiger partial charge in [-0.3, -0.25) is 0 Å². The first-order valence-corrected chi connectivity index (χ1v) is 9.09. The van der Waals surface area contributed by atoms with Crippen LogP contribution >= 0.6 is 11.3 Å². The monoisotopic (exact) mass is 304 g/mol. The Balaban J connectivity index is 2.95. The minimum atomic E-state index is -3.37. The summed E-state index contributed by atoms with van der Waals surface area (Å²) >= 11 is 1.40. The van der Waals surface area contributed by atoms with Crippen LogP contribution in [0.5, 0.6) is 0 Å². The Morgan fingerprint density at radius 2 is 1.95 bits per heavy atom. The SMILES string of the molecule is CCC(CC)CN(CC)S(=O)(=O)c1csc(CN)c1. The lowest BCUT2D eigenvalue weighted by Gasteiger charge is -2.24. The molecule has 0 atom stereocenters. The van der Waals surface area contributed by atoms with E-state index in [-0.39, 0.29) is 0 Å².